The van der Waals surface area contributed by atoms with Gasteiger partial charge >= 0.3 is 5.97 Å². The highest BCUT2D eigenvalue weighted by Gasteiger charge is 2.05. The Morgan fingerprint density at radius 3 is 2.89 bits per heavy atom. The molecule has 1 rings (SSSR count). The molecule has 1 amide bonds. The maximum absolute atomic E-state index is 11.5. The third-order valence-electron chi connectivity index (χ3n) is 1.94. The van der Waals surface area contributed by atoms with Crippen LogP contribution < -0.4 is 5.32 Å². The van der Waals surface area contributed by atoms with Gasteiger partial charge in [0.25, 0.3) is 5.91 Å². The highest BCUT2D eigenvalue weighted by molar-refractivity contribution is 14.1. The van der Waals surface area contributed by atoms with Gasteiger partial charge in [-0.05, 0) is 47.2 Å². The highest BCUT2D eigenvalue weighted by Crippen LogP contribution is 2.12. The summed E-state index contributed by atoms with van der Waals surface area (Å²) in [5, 5.41) is 2.65. The Kier molecular flexibility index (Phi) is 6.42. The lowest BCUT2D eigenvalue weighted by molar-refractivity contribution is -0.142. The smallest absolute Gasteiger partial charge is 0.330 e. The molecular weight excluding hydrogens is 345 g/mol. The molecule has 1 aromatic rings. The molecular formula is C13H14INO3. The van der Waals surface area contributed by atoms with Crippen LogP contribution >= 0.6 is 22.6 Å². The van der Waals surface area contributed by atoms with Crippen LogP contribution in [-0.4, -0.2) is 18.5 Å². The van der Waals surface area contributed by atoms with Crippen LogP contribution in [0, 0.1) is 3.57 Å². The van der Waals surface area contributed by atoms with Crippen molar-refractivity contribution in [3.05, 3.63) is 40.0 Å². The molecule has 4 nitrogen and oxygen atoms in total. The molecule has 0 fully saturated rings. The van der Waals surface area contributed by atoms with Gasteiger partial charge in [0.2, 0.25) is 0 Å². The molecule has 0 unspecified atom stereocenters. The molecule has 96 valence electrons. The molecule has 0 radical (unpaired) electrons. The van der Waals surface area contributed by atoms with E-state index in [-0.39, 0.29) is 12.5 Å². The van der Waals surface area contributed by atoms with Crippen LogP contribution in [0.15, 0.2) is 36.4 Å². The first-order valence-electron chi connectivity index (χ1n) is 5.50. The second kappa shape index (κ2) is 7.86. The summed E-state index contributed by atoms with van der Waals surface area (Å²) in [4.78, 5) is 22.6. The lowest BCUT2D eigenvalue weighted by Gasteiger charge is -2.05. The van der Waals surface area contributed by atoms with Gasteiger partial charge in [-0.15, -0.1) is 0 Å². The average molecular weight is 359 g/mol. The van der Waals surface area contributed by atoms with Gasteiger partial charge in [-0.1, -0.05) is 19.1 Å². The molecule has 0 saturated heterocycles. The number of nitrogens with one attached hydrogen (secondary N) is 1. The van der Waals surface area contributed by atoms with E-state index in [0.29, 0.717) is 5.69 Å². The molecule has 0 aliphatic rings. The van der Waals surface area contributed by atoms with Crippen molar-refractivity contribution in [2.75, 3.05) is 11.9 Å². The Morgan fingerprint density at radius 2 is 2.22 bits per heavy atom. The van der Waals surface area contributed by atoms with Gasteiger partial charge in [-0.3, -0.25) is 4.79 Å². The number of ether oxygens (including phenoxy) is 1. The summed E-state index contributed by atoms with van der Waals surface area (Å²) in [7, 11) is 0. The van der Waals surface area contributed by atoms with E-state index in [4.69, 9.17) is 4.74 Å². The molecule has 18 heavy (non-hydrogen) atoms. The number of halogens is 1. The minimum atomic E-state index is -0.505. The van der Waals surface area contributed by atoms with Crippen molar-refractivity contribution in [1.82, 2.24) is 0 Å². The molecule has 0 spiro atoms. The van der Waals surface area contributed by atoms with Crippen molar-refractivity contribution in [3.8, 4) is 0 Å². The molecule has 0 heterocycles. The van der Waals surface area contributed by atoms with Gasteiger partial charge in [0, 0.05) is 15.3 Å². The predicted molar refractivity (Wildman–Crippen MR) is 78.2 cm³/mol. The molecule has 0 atom stereocenters. The zero-order valence-electron chi connectivity index (χ0n) is 9.98. The summed E-state index contributed by atoms with van der Waals surface area (Å²) in [6.45, 7) is 1.63. The van der Waals surface area contributed by atoms with E-state index in [2.05, 4.69) is 27.9 Å². The SMILES string of the molecule is CC/C=C/C(=O)OCC(=O)Nc1cccc(I)c1. The highest BCUT2D eigenvalue weighted by atomic mass is 127. The van der Waals surface area contributed by atoms with E-state index in [1.807, 2.05) is 25.1 Å². The van der Waals surface area contributed by atoms with Gasteiger partial charge in [-0.25, -0.2) is 4.79 Å². The molecule has 0 saturated carbocycles. The fourth-order valence-corrected chi connectivity index (χ4v) is 1.71. The zero-order chi connectivity index (χ0) is 13.4. The molecule has 1 aromatic carbocycles. The minimum Gasteiger partial charge on any atom is -0.452 e. The second-order valence-electron chi connectivity index (χ2n) is 3.48. The number of rotatable bonds is 5. The Bertz CT molecular complexity index is 457. The molecule has 0 bridgehead atoms. The van der Waals surface area contributed by atoms with Crippen LogP contribution in [0.1, 0.15) is 13.3 Å². The number of carbonyl (C=O) groups excluding carboxylic acids is 2. The summed E-state index contributed by atoms with van der Waals surface area (Å²) in [6.07, 6.45) is 3.75. The van der Waals surface area contributed by atoms with E-state index in [9.17, 15) is 9.59 Å². The fourth-order valence-electron chi connectivity index (χ4n) is 1.16. The number of benzene rings is 1. The minimum absolute atomic E-state index is 0.279. The monoisotopic (exact) mass is 359 g/mol. The quantitative estimate of drug-likeness (QED) is 0.500. The zero-order valence-corrected chi connectivity index (χ0v) is 12.1. The lowest BCUT2D eigenvalue weighted by Crippen LogP contribution is -2.20. The number of anilines is 1. The van der Waals surface area contributed by atoms with E-state index in [0.717, 1.165) is 9.99 Å². The fraction of sp³-hybridized carbons (Fsp3) is 0.231. The number of esters is 1. The summed E-state index contributed by atoms with van der Waals surface area (Å²) >= 11 is 2.15. The lowest BCUT2D eigenvalue weighted by atomic mass is 10.3. The van der Waals surface area contributed by atoms with Crippen molar-refractivity contribution < 1.29 is 14.3 Å². The van der Waals surface area contributed by atoms with E-state index < -0.39 is 5.97 Å². The Hall–Kier alpha value is -1.37. The van der Waals surface area contributed by atoms with Crippen LogP contribution in [-0.2, 0) is 14.3 Å². The third-order valence-corrected chi connectivity index (χ3v) is 2.61. The van der Waals surface area contributed by atoms with Crippen LogP contribution in [0.3, 0.4) is 0 Å². The Labute approximate surface area is 120 Å². The predicted octanol–water partition coefficient (Wildman–Crippen LogP) is 2.74. The van der Waals surface area contributed by atoms with Crippen molar-refractivity contribution in [1.29, 1.82) is 0 Å². The molecule has 0 aromatic heterocycles. The van der Waals surface area contributed by atoms with Crippen LogP contribution in [0.5, 0.6) is 0 Å². The van der Waals surface area contributed by atoms with Gasteiger partial charge in [0.1, 0.15) is 0 Å². The normalized spacial score (nSPS) is 10.3. The van der Waals surface area contributed by atoms with Gasteiger partial charge in [0.15, 0.2) is 6.61 Å². The Morgan fingerprint density at radius 1 is 1.44 bits per heavy atom. The van der Waals surface area contributed by atoms with Crippen LogP contribution in [0.2, 0.25) is 0 Å². The number of amides is 1. The van der Waals surface area contributed by atoms with Crippen LogP contribution in [0.25, 0.3) is 0 Å². The van der Waals surface area contributed by atoms with E-state index in [1.54, 1.807) is 12.1 Å². The van der Waals surface area contributed by atoms with Gasteiger partial charge in [0.05, 0.1) is 0 Å². The summed E-state index contributed by atoms with van der Waals surface area (Å²) < 4.78 is 5.79. The van der Waals surface area contributed by atoms with Crippen molar-refractivity contribution in [3.63, 3.8) is 0 Å². The number of allylic oxidation sites excluding steroid dienone is 1. The number of hydrogen-bond acceptors (Lipinski definition) is 3. The summed E-state index contributed by atoms with van der Waals surface area (Å²) in [5.41, 5.74) is 0.687. The molecule has 0 aliphatic carbocycles. The molecule has 0 aliphatic heterocycles. The van der Waals surface area contributed by atoms with Gasteiger partial charge in [-0.2, -0.15) is 0 Å². The first kappa shape index (κ1) is 14.7. The maximum Gasteiger partial charge on any atom is 0.330 e. The largest absolute Gasteiger partial charge is 0.452 e. The third kappa shape index (κ3) is 5.81. The summed E-state index contributed by atoms with van der Waals surface area (Å²) in [6, 6.07) is 7.37. The van der Waals surface area contributed by atoms with E-state index in [1.165, 1.54) is 6.08 Å². The topological polar surface area (TPSA) is 55.4 Å². The van der Waals surface area contributed by atoms with Crippen LogP contribution in [0.4, 0.5) is 5.69 Å². The molecule has 1 N–H and O–H groups in total. The van der Waals surface area contributed by atoms with E-state index >= 15 is 0 Å². The van der Waals surface area contributed by atoms with Gasteiger partial charge < -0.3 is 10.1 Å². The van der Waals surface area contributed by atoms with Crippen molar-refractivity contribution in [2.24, 2.45) is 0 Å². The average Bonchev–Trinajstić information content (AvgIpc) is 2.34. The molecule has 5 heteroatoms. The second-order valence-corrected chi connectivity index (χ2v) is 4.72. The first-order valence-corrected chi connectivity index (χ1v) is 6.58. The first-order chi connectivity index (χ1) is 8.61. The Balaban J connectivity index is 2.38. The number of hydrogen-bond donors (Lipinski definition) is 1. The number of carbonyl (C=O) groups is 2. The summed E-state index contributed by atoms with van der Waals surface area (Å²) in [5.74, 6) is -0.857. The standard InChI is InChI=1S/C13H14INO3/c1-2-3-7-13(17)18-9-12(16)15-11-6-4-5-10(14)8-11/h3-8H,2,9H2,1H3,(H,15,16)/b7-3+. The van der Waals surface area contributed by atoms with Crippen molar-refractivity contribution in [2.45, 2.75) is 13.3 Å². The maximum atomic E-state index is 11.5. The van der Waals surface area contributed by atoms with Crippen molar-refractivity contribution >= 4 is 40.2 Å².